The van der Waals surface area contributed by atoms with Gasteiger partial charge < -0.3 is 4.90 Å². The topological polar surface area (TPSA) is 53.1 Å². The number of hydroxylamine groups is 1. The molecule has 2 amide bonds. The zero-order valence-corrected chi connectivity index (χ0v) is 19.4. The summed E-state index contributed by atoms with van der Waals surface area (Å²) in [5.74, 6) is -1.33. The number of halogens is 1. The van der Waals surface area contributed by atoms with Gasteiger partial charge in [-0.15, -0.1) is 0 Å². The summed E-state index contributed by atoms with van der Waals surface area (Å²) in [6.45, 7) is 1.81. The Morgan fingerprint density at radius 2 is 1.58 bits per heavy atom. The second-order valence-corrected chi connectivity index (χ2v) is 8.95. The third-order valence-electron chi connectivity index (χ3n) is 6.36. The number of rotatable bonds is 4. The summed E-state index contributed by atoms with van der Waals surface area (Å²) in [6, 6.07) is 22.3. The molecule has 2 heterocycles. The highest BCUT2D eigenvalue weighted by Gasteiger charge is 2.60. The van der Waals surface area contributed by atoms with E-state index in [0.29, 0.717) is 16.3 Å². The number of benzene rings is 3. The van der Waals surface area contributed by atoms with Crippen LogP contribution in [-0.2, 0) is 14.4 Å². The summed E-state index contributed by atoms with van der Waals surface area (Å²) in [5, 5.41) is 2.21. The minimum Gasteiger partial charge on any atom is -0.378 e. The number of hydrogen-bond donors (Lipinski definition) is 0. The molecule has 33 heavy (non-hydrogen) atoms. The summed E-state index contributed by atoms with van der Waals surface area (Å²) in [6.07, 6.45) is -0.908. The van der Waals surface area contributed by atoms with E-state index < -0.39 is 18.1 Å². The van der Waals surface area contributed by atoms with Gasteiger partial charge in [0, 0.05) is 24.8 Å². The summed E-state index contributed by atoms with van der Waals surface area (Å²) >= 11 is 6.28. The van der Waals surface area contributed by atoms with Crippen LogP contribution in [0.15, 0.2) is 72.8 Å². The highest BCUT2D eigenvalue weighted by molar-refractivity contribution is 6.32. The van der Waals surface area contributed by atoms with Gasteiger partial charge in [0.05, 0.1) is 17.4 Å². The van der Waals surface area contributed by atoms with Crippen molar-refractivity contribution in [1.82, 2.24) is 0 Å². The molecular formula is C26H24ClN3O3. The van der Waals surface area contributed by atoms with Crippen LogP contribution in [0.1, 0.15) is 17.2 Å². The summed E-state index contributed by atoms with van der Waals surface area (Å²) in [5.41, 5.74) is 3.93. The van der Waals surface area contributed by atoms with Gasteiger partial charge in [0.1, 0.15) is 5.92 Å². The molecule has 5 rings (SSSR count). The molecule has 0 N–H and O–H groups in total. The fourth-order valence-corrected chi connectivity index (χ4v) is 4.77. The van der Waals surface area contributed by atoms with E-state index in [1.807, 2.05) is 73.6 Å². The second-order valence-electron chi connectivity index (χ2n) is 8.54. The second kappa shape index (κ2) is 8.21. The lowest BCUT2D eigenvalue weighted by molar-refractivity contribution is -0.126. The number of carbonyl (C=O) groups excluding carboxylic acids is 2. The van der Waals surface area contributed by atoms with Crippen LogP contribution in [0.4, 0.5) is 17.1 Å². The van der Waals surface area contributed by atoms with Crippen LogP contribution < -0.4 is 14.9 Å². The van der Waals surface area contributed by atoms with E-state index in [2.05, 4.69) is 0 Å². The van der Waals surface area contributed by atoms with Gasteiger partial charge >= 0.3 is 0 Å². The van der Waals surface area contributed by atoms with Gasteiger partial charge in [0.2, 0.25) is 5.91 Å². The Bertz CT molecular complexity index is 1210. The van der Waals surface area contributed by atoms with Crippen molar-refractivity contribution in [1.29, 1.82) is 0 Å². The molecule has 2 saturated heterocycles. The van der Waals surface area contributed by atoms with Crippen LogP contribution >= 0.6 is 11.6 Å². The van der Waals surface area contributed by atoms with Crippen molar-refractivity contribution in [2.75, 3.05) is 29.0 Å². The largest absolute Gasteiger partial charge is 0.378 e. The van der Waals surface area contributed by atoms with Crippen molar-refractivity contribution in [3.63, 3.8) is 0 Å². The predicted octanol–water partition coefficient (Wildman–Crippen LogP) is 4.77. The molecule has 6 nitrogen and oxygen atoms in total. The Labute approximate surface area is 197 Å². The van der Waals surface area contributed by atoms with Crippen molar-refractivity contribution < 1.29 is 14.4 Å². The molecule has 2 fully saturated rings. The Kier molecular flexibility index (Phi) is 5.35. The molecule has 0 aliphatic carbocycles. The number of carbonyl (C=O) groups is 2. The SMILES string of the molecule is Cc1c(Cl)cccc1N1C(=O)[C@@H]2[C@H](ON(c3ccccc3)[C@@H]2c2ccc(N(C)C)cc2)C1=O. The highest BCUT2D eigenvalue weighted by atomic mass is 35.5. The molecule has 3 atom stereocenters. The summed E-state index contributed by atoms with van der Waals surface area (Å²) < 4.78 is 0. The number of imide groups is 1. The van der Waals surface area contributed by atoms with E-state index in [1.54, 1.807) is 30.2 Å². The van der Waals surface area contributed by atoms with Gasteiger partial charge in [-0.1, -0.05) is 48.0 Å². The summed E-state index contributed by atoms with van der Waals surface area (Å²) in [7, 11) is 3.95. The van der Waals surface area contributed by atoms with Crippen molar-refractivity contribution in [3.05, 3.63) is 88.9 Å². The quantitative estimate of drug-likeness (QED) is 0.524. The standard InChI is InChI=1S/C26H24ClN3O3/c1-16-20(27)10-7-11-21(16)29-25(31)22-23(17-12-14-18(15-13-17)28(2)3)30(33-24(22)26(29)32)19-8-5-4-6-9-19/h4-15,22-24H,1-3H3/t22-,23+,24-/m0/s1. The van der Waals surface area contributed by atoms with E-state index >= 15 is 0 Å². The predicted molar refractivity (Wildman–Crippen MR) is 129 cm³/mol. The smallest absolute Gasteiger partial charge is 0.266 e. The molecule has 0 aromatic heterocycles. The van der Waals surface area contributed by atoms with Gasteiger partial charge in [-0.25, -0.2) is 9.96 Å². The highest BCUT2D eigenvalue weighted by Crippen LogP contribution is 2.48. The zero-order valence-electron chi connectivity index (χ0n) is 18.6. The molecule has 2 aliphatic rings. The minimum absolute atomic E-state index is 0.282. The Balaban J connectivity index is 1.59. The molecule has 0 unspecified atom stereocenters. The van der Waals surface area contributed by atoms with Gasteiger partial charge in [-0.2, -0.15) is 0 Å². The summed E-state index contributed by atoms with van der Waals surface area (Å²) in [4.78, 5) is 36.7. The molecule has 0 bridgehead atoms. The molecule has 2 aliphatic heterocycles. The fourth-order valence-electron chi connectivity index (χ4n) is 4.60. The average Bonchev–Trinajstić information content (AvgIpc) is 3.33. The van der Waals surface area contributed by atoms with Gasteiger partial charge in [-0.3, -0.25) is 14.4 Å². The van der Waals surface area contributed by atoms with Crippen LogP contribution in [0.25, 0.3) is 0 Å². The van der Waals surface area contributed by atoms with Crippen molar-refractivity contribution >= 4 is 40.5 Å². The fraction of sp³-hybridized carbons (Fsp3) is 0.231. The van der Waals surface area contributed by atoms with Gasteiger partial charge in [0.25, 0.3) is 5.91 Å². The molecule has 7 heteroatoms. The van der Waals surface area contributed by atoms with E-state index in [9.17, 15) is 9.59 Å². The number of nitrogens with zero attached hydrogens (tertiary/aromatic N) is 3. The Morgan fingerprint density at radius 1 is 0.879 bits per heavy atom. The Morgan fingerprint density at radius 3 is 2.24 bits per heavy atom. The molecule has 168 valence electrons. The van der Waals surface area contributed by atoms with Crippen LogP contribution in [-0.4, -0.2) is 32.0 Å². The molecule has 3 aromatic carbocycles. The maximum absolute atomic E-state index is 13.7. The van der Waals surface area contributed by atoms with Crippen LogP contribution in [0.5, 0.6) is 0 Å². The van der Waals surface area contributed by atoms with Crippen molar-refractivity contribution in [2.24, 2.45) is 5.92 Å². The van der Waals surface area contributed by atoms with E-state index in [4.69, 9.17) is 16.4 Å². The van der Waals surface area contributed by atoms with E-state index in [1.165, 1.54) is 4.90 Å². The number of anilines is 3. The average molecular weight is 462 g/mol. The van der Waals surface area contributed by atoms with E-state index in [-0.39, 0.29) is 11.8 Å². The molecule has 0 spiro atoms. The van der Waals surface area contributed by atoms with Crippen LogP contribution in [0.2, 0.25) is 5.02 Å². The van der Waals surface area contributed by atoms with Gasteiger partial charge in [0.15, 0.2) is 6.10 Å². The van der Waals surface area contributed by atoms with Crippen molar-refractivity contribution in [3.8, 4) is 0 Å². The maximum Gasteiger partial charge on any atom is 0.266 e. The van der Waals surface area contributed by atoms with Gasteiger partial charge in [-0.05, 0) is 54.4 Å². The molecule has 3 aromatic rings. The number of para-hydroxylation sites is 1. The normalized spacial score (nSPS) is 22.1. The number of amides is 2. The first-order valence-corrected chi connectivity index (χ1v) is 11.2. The molecular weight excluding hydrogens is 438 g/mol. The molecule has 0 saturated carbocycles. The first kappa shape index (κ1) is 21.5. The lowest BCUT2D eigenvalue weighted by Gasteiger charge is -2.29. The number of hydrogen-bond acceptors (Lipinski definition) is 5. The van der Waals surface area contributed by atoms with Crippen LogP contribution in [0.3, 0.4) is 0 Å². The van der Waals surface area contributed by atoms with Crippen molar-refractivity contribution in [2.45, 2.75) is 19.1 Å². The minimum atomic E-state index is -0.908. The number of fused-ring (bicyclic) bond motifs is 1. The maximum atomic E-state index is 13.7. The zero-order chi connectivity index (χ0) is 23.3. The lowest BCUT2D eigenvalue weighted by atomic mass is 9.90. The third kappa shape index (κ3) is 3.46. The molecule has 0 radical (unpaired) electrons. The first-order chi connectivity index (χ1) is 15.9. The van der Waals surface area contributed by atoms with E-state index in [0.717, 1.165) is 16.9 Å². The van der Waals surface area contributed by atoms with Crippen LogP contribution in [0, 0.1) is 12.8 Å². The third-order valence-corrected chi connectivity index (χ3v) is 6.77. The lowest BCUT2D eigenvalue weighted by Crippen LogP contribution is -2.37. The monoisotopic (exact) mass is 461 g/mol. The Hall–Kier alpha value is -3.35. The first-order valence-electron chi connectivity index (χ1n) is 10.8.